The summed E-state index contributed by atoms with van der Waals surface area (Å²) in [6.07, 6.45) is 5.12. The van der Waals surface area contributed by atoms with Crippen LogP contribution >= 0.6 is 23.5 Å². The maximum absolute atomic E-state index is 6.13. The van der Waals surface area contributed by atoms with E-state index in [0.717, 1.165) is 72.5 Å². The molecule has 3 aromatic rings. The number of halogens is 1. The van der Waals surface area contributed by atoms with E-state index >= 15 is 0 Å². The molecule has 2 aliphatic heterocycles. The fourth-order valence-corrected chi connectivity index (χ4v) is 5.61. The molecule has 0 N–H and O–H groups in total. The average molecular weight is 494 g/mol. The Morgan fingerprint density at radius 2 is 1.94 bits per heavy atom. The van der Waals surface area contributed by atoms with E-state index in [0.29, 0.717) is 6.61 Å². The van der Waals surface area contributed by atoms with Crippen LogP contribution in [0.1, 0.15) is 23.2 Å². The van der Waals surface area contributed by atoms with Gasteiger partial charge in [0.2, 0.25) is 0 Å². The monoisotopic (exact) mass is 493 g/mol. The van der Waals surface area contributed by atoms with Gasteiger partial charge in [0.25, 0.3) is 0 Å². The first-order chi connectivity index (χ1) is 16.7. The molecule has 5 rings (SSSR count). The molecule has 176 valence electrons. The molecule has 0 spiro atoms. The van der Waals surface area contributed by atoms with Crippen molar-refractivity contribution < 1.29 is 9.47 Å². The summed E-state index contributed by atoms with van der Waals surface area (Å²) in [5.74, 6) is 1.70. The molecule has 1 aromatic heterocycles. The Bertz CT molecular complexity index is 1180. The van der Waals surface area contributed by atoms with Crippen LogP contribution in [0.2, 0.25) is 5.02 Å². The second kappa shape index (κ2) is 10.8. The van der Waals surface area contributed by atoms with Crippen LogP contribution in [0.5, 0.6) is 11.5 Å². The SMILES string of the molecule is COc1ccc2c(c1)/C(=C/CCN1CCN(Sc3cccc(Cl)c3)CC1)c1cccnc1CO2. The lowest BCUT2D eigenvalue weighted by molar-refractivity contribution is 0.199. The quantitative estimate of drug-likeness (QED) is 0.405. The summed E-state index contributed by atoms with van der Waals surface area (Å²) in [5, 5.41) is 0.788. The first kappa shape index (κ1) is 23.2. The lowest BCUT2D eigenvalue weighted by Crippen LogP contribution is -2.43. The second-order valence-corrected chi connectivity index (χ2v) is 9.98. The number of piperazine rings is 1. The summed E-state index contributed by atoms with van der Waals surface area (Å²) >= 11 is 7.93. The van der Waals surface area contributed by atoms with Crippen molar-refractivity contribution in [2.45, 2.75) is 17.9 Å². The van der Waals surface area contributed by atoms with Crippen LogP contribution in [0.25, 0.3) is 5.57 Å². The minimum absolute atomic E-state index is 0.471. The first-order valence-electron chi connectivity index (χ1n) is 11.6. The average Bonchev–Trinajstić information content (AvgIpc) is 3.02. The van der Waals surface area contributed by atoms with E-state index in [2.05, 4.69) is 38.5 Å². The summed E-state index contributed by atoms with van der Waals surface area (Å²) in [6, 6.07) is 18.2. The number of fused-ring (bicyclic) bond motifs is 2. The molecule has 0 unspecified atom stereocenters. The Kier molecular flexibility index (Phi) is 7.40. The Balaban J connectivity index is 1.26. The van der Waals surface area contributed by atoms with Crippen LogP contribution in [0.15, 0.2) is 71.8 Å². The highest BCUT2D eigenvalue weighted by Gasteiger charge is 2.21. The third-order valence-electron chi connectivity index (χ3n) is 6.18. The maximum Gasteiger partial charge on any atom is 0.131 e. The van der Waals surface area contributed by atoms with Crippen molar-refractivity contribution in [2.24, 2.45) is 0 Å². The number of nitrogens with zero attached hydrogens (tertiary/aromatic N) is 3. The van der Waals surface area contributed by atoms with Gasteiger partial charge in [0.1, 0.15) is 18.1 Å². The molecule has 0 radical (unpaired) electrons. The van der Waals surface area contributed by atoms with Gasteiger partial charge in [-0.3, -0.25) is 4.98 Å². The van der Waals surface area contributed by atoms with Crippen molar-refractivity contribution in [3.63, 3.8) is 0 Å². The van der Waals surface area contributed by atoms with E-state index < -0.39 is 0 Å². The molecule has 0 amide bonds. The number of aromatic nitrogens is 1. The van der Waals surface area contributed by atoms with Gasteiger partial charge in [0.05, 0.1) is 12.8 Å². The van der Waals surface area contributed by atoms with E-state index in [4.69, 9.17) is 21.1 Å². The molecule has 0 saturated carbocycles. The van der Waals surface area contributed by atoms with Gasteiger partial charge in [-0.1, -0.05) is 29.8 Å². The lowest BCUT2D eigenvalue weighted by Gasteiger charge is -2.33. The molecule has 1 saturated heterocycles. The summed E-state index contributed by atoms with van der Waals surface area (Å²) in [7, 11) is 1.70. The second-order valence-electron chi connectivity index (χ2n) is 8.37. The van der Waals surface area contributed by atoms with Crippen molar-refractivity contribution in [3.8, 4) is 11.5 Å². The molecule has 0 atom stereocenters. The van der Waals surface area contributed by atoms with Crippen LogP contribution in [-0.4, -0.2) is 54.0 Å². The van der Waals surface area contributed by atoms with Gasteiger partial charge in [-0.15, -0.1) is 0 Å². The zero-order chi connectivity index (χ0) is 23.3. The molecule has 5 nitrogen and oxygen atoms in total. The first-order valence-corrected chi connectivity index (χ1v) is 12.7. The van der Waals surface area contributed by atoms with E-state index in [1.165, 1.54) is 10.5 Å². The van der Waals surface area contributed by atoms with E-state index in [1.807, 2.05) is 42.6 Å². The van der Waals surface area contributed by atoms with Crippen molar-refractivity contribution in [2.75, 3.05) is 39.8 Å². The van der Waals surface area contributed by atoms with E-state index in [-0.39, 0.29) is 0 Å². The number of hydrogen-bond donors (Lipinski definition) is 0. The topological polar surface area (TPSA) is 37.8 Å². The zero-order valence-electron chi connectivity index (χ0n) is 19.2. The molecule has 3 heterocycles. The standard InChI is InChI=1S/C27H28ClN3O2S/c1-32-21-9-10-27-25(18-21)23(24-7-3-11-29-26(24)19-33-27)8-4-12-30-13-15-31(16-14-30)34-22-6-2-5-20(28)17-22/h2-3,5-11,17-18H,4,12-16,19H2,1H3/b23-8+. The van der Waals surface area contributed by atoms with Crippen LogP contribution in [0, 0.1) is 0 Å². The third-order valence-corrected chi connectivity index (χ3v) is 7.50. The summed E-state index contributed by atoms with van der Waals surface area (Å²) < 4.78 is 14.0. The number of ether oxygens (including phenoxy) is 2. The summed E-state index contributed by atoms with van der Waals surface area (Å²) in [4.78, 5) is 8.31. The zero-order valence-corrected chi connectivity index (χ0v) is 20.8. The number of methoxy groups -OCH3 is 1. The largest absolute Gasteiger partial charge is 0.497 e. The maximum atomic E-state index is 6.13. The highest BCUT2D eigenvalue weighted by Crippen LogP contribution is 2.38. The van der Waals surface area contributed by atoms with Gasteiger partial charge in [0.15, 0.2) is 0 Å². The van der Waals surface area contributed by atoms with Crippen LogP contribution in [0.3, 0.4) is 0 Å². The van der Waals surface area contributed by atoms with Crippen molar-refractivity contribution in [1.82, 2.24) is 14.2 Å². The number of rotatable bonds is 6. The van der Waals surface area contributed by atoms with E-state index in [1.54, 1.807) is 19.1 Å². The van der Waals surface area contributed by atoms with Gasteiger partial charge < -0.3 is 14.4 Å². The van der Waals surface area contributed by atoms with Crippen LogP contribution in [-0.2, 0) is 6.61 Å². The molecule has 0 aliphatic carbocycles. The smallest absolute Gasteiger partial charge is 0.131 e. The highest BCUT2D eigenvalue weighted by molar-refractivity contribution is 7.97. The summed E-state index contributed by atoms with van der Waals surface area (Å²) in [6.45, 7) is 5.68. The Labute approximate surface area is 210 Å². The number of benzene rings is 2. The van der Waals surface area contributed by atoms with Crippen molar-refractivity contribution in [3.05, 3.63) is 88.7 Å². The molecule has 1 fully saturated rings. The van der Waals surface area contributed by atoms with Gasteiger partial charge in [-0.2, -0.15) is 0 Å². The molecule has 2 aromatic carbocycles. The number of pyridine rings is 1. The van der Waals surface area contributed by atoms with Gasteiger partial charge in [-0.25, -0.2) is 4.31 Å². The molecule has 0 bridgehead atoms. The lowest BCUT2D eigenvalue weighted by atomic mass is 9.95. The Morgan fingerprint density at radius 1 is 1.06 bits per heavy atom. The molecular formula is C27H28ClN3O2S. The fourth-order valence-electron chi connectivity index (χ4n) is 4.39. The van der Waals surface area contributed by atoms with Crippen LogP contribution in [0.4, 0.5) is 0 Å². The van der Waals surface area contributed by atoms with Gasteiger partial charge >= 0.3 is 0 Å². The normalized spacial score (nSPS) is 17.5. The van der Waals surface area contributed by atoms with Crippen LogP contribution < -0.4 is 9.47 Å². The van der Waals surface area contributed by atoms with Crippen molar-refractivity contribution >= 4 is 29.1 Å². The number of hydrogen-bond acceptors (Lipinski definition) is 6. The Hall–Kier alpha value is -2.51. The van der Waals surface area contributed by atoms with Crippen molar-refractivity contribution in [1.29, 1.82) is 0 Å². The Morgan fingerprint density at radius 3 is 2.76 bits per heavy atom. The predicted molar refractivity (Wildman–Crippen MR) is 139 cm³/mol. The third kappa shape index (κ3) is 5.41. The molecule has 2 aliphatic rings. The minimum Gasteiger partial charge on any atom is -0.497 e. The molecule has 34 heavy (non-hydrogen) atoms. The molecular weight excluding hydrogens is 466 g/mol. The summed E-state index contributed by atoms with van der Waals surface area (Å²) in [5.41, 5.74) is 4.34. The van der Waals surface area contributed by atoms with Gasteiger partial charge in [0, 0.05) is 60.0 Å². The minimum atomic E-state index is 0.471. The fraction of sp³-hybridized carbons (Fsp3) is 0.296. The van der Waals surface area contributed by atoms with E-state index in [9.17, 15) is 0 Å². The highest BCUT2D eigenvalue weighted by atomic mass is 35.5. The van der Waals surface area contributed by atoms with Gasteiger partial charge in [-0.05, 0) is 66.4 Å². The predicted octanol–water partition coefficient (Wildman–Crippen LogP) is 5.78. The molecule has 7 heteroatoms.